The van der Waals surface area contributed by atoms with Crippen molar-refractivity contribution in [3.05, 3.63) is 59.8 Å². The van der Waals surface area contributed by atoms with Crippen LogP contribution in [0.1, 0.15) is 25.5 Å². The lowest BCUT2D eigenvalue weighted by molar-refractivity contribution is 0.0694. The quantitative estimate of drug-likeness (QED) is 0.332. The van der Waals surface area contributed by atoms with Gasteiger partial charge in [0.2, 0.25) is 5.88 Å². The summed E-state index contributed by atoms with van der Waals surface area (Å²) in [5, 5.41) is 7.77. The summed E-state index contributed by atoms with van der Waals surface area (Å²) in [6.45, 7) is 4.89. The van der Waals surface area contributed by atoms with E-state index in [2.05, 4.69) is 24.9 Å². The van der Waals surface area contributed by atoms with E-state index >= 15 is 0 Å². The second-order valence-corrected chi connectivity index (χ2v) is 10.8. The Labute approximate surface area is 228 Å². The Balaban J connectivity index is 1.36. The molecule has 3 heterocycles. The fourth-order valence-electron chi connectivity index (χ4n) is 4.35. The van der Waals surface area contributed by atoms with Crippen molar-refractivity contribution in [2.75, 3.05) is 24.4 Å². The molecule has 2 aromatic heterocycles. The predicted octanol–water partition coefficient (Wildman–Crippen LogP) is 4.41. The van der Waals surface area contributed by atoms with E-state index in [1.165, 1.54) is 12.1 Å². The van der Waals surface area contributed by atoms with Crippen LogP contribution >= 0.6 is 0 Å². The number of likely N-dealkylation sites (tertiary alicyclic amines) is 1. The van der Waals surface area contributed by atoms with Gasteiger partial charge in [-0.1, -0.05) is 0 Å². The number of nitrogens with zero attached hydrogens (tertiary/aromatic N) is 4. The predicted molar refractivity (Wildman–Crippen MR) is 141 cm³/mol. The first-order valence-electron chi connectivity index (χ1n) is 12.5. The SMILES string of the molecule is CCOC(=O)N1CCC(Oc2nc(-c3ccc(NS(=O)(=O)c4cc(F)ccc4F)cc3)nc3n[nH]c(C)c23)CC1. The van der Waals surface area contributed by atoms with Crippen molar-refractivity contribution in [3.63, 3.8) is 0 Å². The van der Waals surface area contributed by atoms with E-state index in [1.807, 2.05) is 6.92 Å². The van der Waals surface area contributed by atoms with Crippen LogP contribution < -0.4 is 9.46 Å². The average molecular weight is 573 g/mol. The Morgan fingerprint density at radius 1 is 1.12 bits per heavy atom. The van der Waals surface area contributed by atoms with E-state index < -0.39 is 26.6 Å². The fourth-order valence-corrected chi connectivity index (χ4v) is 5.50. The van der Waals surface area contributed by atoms with E-state index in [1.54, 1.807) is 24.0 Å². The molecule has 1 fully saturated rings. The highest BCUT2D eigenvalue weighted by Crippen LogP contribution is 2.31. The molecule has 0 spiro atoms. The molecule has 0 bridgehead atoms. The first kappa shape index (κ1) is 27.2. The highest BCUT2D eigenvalue weighted by atomic mass is 32.2. The number of H-pyrrole nitrogens is 1. The molecule has 14 heteroatoms. The minimum atomic E-state index is -4.37. The topological polar surface area (TPSA) is 139 Å². The van der Waals surface area contributed by atoms with Crippen LogP contribution in [0.5, 0.6) is 5.88 Å². The first-order valence-corrected chi connectivity index (χ1v) is 14.0. The van der Waals surface area contributed by atoms with Gasteiger partial charge in [-0.25, -0.2) is 27.0 Å². The second-order valence-electron chi connectivity index (χ2n) is 9.16. The lowest BCUT2D eigenvalue weighted by Gasteiger charge is -2.31. The third-order valence-corrected chi connectivity index (χ3v) is 7.78. The number of nitrogens with one attached hydrogen (secondary N) is 2. The van der Waals surface area contributed by atoms with Gasteiger partial charge >= 0.3 is 6.09 Å². The first-order chi connectivity index (χ1) is 19.1. The van der Waals surface area contributed by atoms with Crippen molar-refractivity contribution >= 4 is 32.8 Å². The highest BCUT2D eigenvalue weighted by Gasteiger charge is 2.27. The van der Waals surface area contributed by atoms with Crippen LogP contribution in [0.3, 0.4) is 0 Å². The average Bonchev–Trinajstić information content (AvgIpc) is 3.31. The molecule has 210 valence electrons. The molecule has 1 aliphatic heterocycles. The number of aryl methyl sites for hydroxylation is 1. The number of halogens is 2. The second kappa shape index (κ2) is 11.0. The molecule has 1 aliphatic rings. The summed E-state index contributed by atoms with van der Waals surface area (Å²) in [5.74, 6) is -1.31. The number of aromatic amines is 1. The third-order valence-electron chi connectivity index (χ3n) is 6.39. The molecule has 0 unspecified atom stereocenters. The lowest BCUT2D eigenvalue weighted by atomic mass is 10.1. The van der Waals surface area contributed by atoms with Crippen LogP contribution in [0.4, 0.5) is 19.3 Å². The molecule has 0 saturated carbocycles. The summed E-state index contributed by atoms with van der Waals surface area (Å²) < 4.78 is 66.3. The van der Waals surface area contributed by atoms with E-state index in [-0.39, 0.29) is 17.9 Å². The number of carbonyl (C=O) groups excluding carboxylic acids is 1. The molecule has 11 nitrogen and oxygen atoms in total. The zero-order valence-corrected chi connectivity index (χ0v) is 22.5. The Kier molecular flexibility index (Phi) is 7.52. The molecule has 1 saturated heterocycles. The van der Waals surface area contributed by atoms with E-state index in [0.717, 1.165) is 17.8 Å². The van der Waals surface area contributed by atoms with Crippen molar-refractivity contribution in [2.24, 2.45) is 0 Å². The third kappa shape index (κ3) is 5.66. The Morgan fingerprint density at radius 3 is 2.55 bits per heavy atom. The molecule has 5 rings (SSSR count). The van der Waals surface area contributed by atoms with Crippen LogP contribution in [0.2, 0.25) is 0 Å². The number of benzene rings is 2. The Morgan fingerprint density at radius 2 is 1.85 bits per heavy atom. The summed E-state index contributed by atoms with van der Waals surface area (Å²) in [5.41, 5.74) is 1.81. The van der Waals surface area contributed by atoms with Crippen molar-refractivity contribution in [1.82, 2.24) is 25.1 Å². The standard InChI is InChI=1S/C26H26F2N6O5S/c1-3-38-26(35)34-12-10-19(11-13-34)39-25-22-15(2)31-32-24(22)29-23(30-25)16-4-7-18(8-5-16)33-40(36,37)21-14-17(27)6-9-20(21)28/h4-9,14,19,33H,3,10-13H2,1-2H3,(H,29,30,31,32). The normalized spacial score (nSPS) is 14.3. The number of rotatable bonds is 7. The molecule has 0 aliphatic carbocycles. The van der Waals surface area contributed by atoms with Crippen molar-refractivity contribution in [1.29, 1.82) is 0 Å². The van der Waals surface area contributed by atoms with Gasteiger partial charge in [0.05, 0.1) is 6.61 Å². The van der Waals surface area contributed by atoms with E-state index in [9.17, 15) is 22.0 Å². The van der Waals surface area contributed by atoms with Gasteiger partial charge in [-0.3, -0.25) is 9.82 Å². The molecule has 4 aromatic rings. The van der Waals surface area contributed by atoms with Gasteiger partial charge < -0.3 is 14.4 Å². The number of hydrogen-bond acceptors (Lipinski definition) is 8. The number of aromatic nitrogens is 4. The minimum absolute atomic E-state index is 0.133. The molecule has 1 amide bonds. The molecule has 40 heavy (non-hydrogen) atoms. The number of hydrogen-bond donors (Lipinski definition) is 2. The maximum atomic E-state index is 14.0. The zero-order chi connectivity index (χ0) is 28.4. The van der Waals surface area contributed by atoms with Gasteiger partial charge in [-0.15, -0.1) is 0 Å². The summed E-state index contributed by atoms with van der Waals surface area (Å²) in [4.78, 5) is 22.0. The van der Waals surface area contributed by atoms with Gasteiger partial charge in [-0.05, 0) is 56.3 Å². The van der Waals surface area contributed by atoms with Crippen molar-refractivity contribution in [3.8, 4) is 17.3 Å². The molecule has 0 atom stereocenters. The maximum absolute atomic E-state index is 14.0. The number of piperidine rings is 1. The number of sulfonamides is 1. The maximum Gasteiger partial charge on any atom is 0.409 e. The number of ether oxygens (including phenoxy) is 2. The number of amides is 1. The summed E-state index contributed by atoms with van der Waals surface area (Å²) in [6, 6.07) is 8.29. The Bertz CT molecular complexity index is 1650. The number of fused-ring (bicyclic) bond motifs is 1. The Hall–Kier alpha value is -4.33. The molecule has 0 radical (unpaired) electrons. The van der Waals surface area contributed by atoms with Crippen LogP contribution in [0, 0.1) is 18.6 Å². The monoisotopic (exact) mass is 572 g/mol. The van der Waals surface area contributed by atoms with Crippen LogP contribution in [0.25, 0.3) is 22.4 Å². The summed E-state index contributed by atoms with van der Waals surface area (Å²) in [7, 11) is -4.37. The minimum Gasteiger partial charge on any atom is -0.474 e. The number of anilines is 1. The van der Waals surface area contributed by atoms with Crippen LogP contribution in [0.15, 0.2) is 47.4 Å². The summed E-state index contributed by atoms with van der Waals surface area (Å²) >= 11 is 0. The van der Waals surface area contributed by atoms with Crippen LogP contribution in [-0.4, -0.2) is 65.4 Å². The van der Waals surface area contributed by atoms with Gasteiger partial charge in [0.1, 0.15) is 28.0 Å². The van der Waals surface area contributed by atoms with Crippen LogP contribution in [-0.2, 0) is 14.8 Å². The van der Waals surface area contributed by atoms with Gasteiger partial charge in [-0.2, -0.15) is 10.1 Å². The summed E-state index contributed by atoms with van der Waals surface area (Å²) in [6.07, 6.45) is 0.658. The smallest absolute Gasteiger partial charge is 0.409 e. The highest BCUT2D eigenvalue weighted by molar-refractivity contribution is 7.92. The van der Waals surface area contributed by atoms with E-state index in [4.69, 9.17) is 9.47 Å². The largest absolute Gasteiger partial charge is 0.474 e. The zero-order valence-electron chi connectivity index (χ0n) is 21.6. The van der Waals surface area contributed by atoms with Crippen molar-refractivity contribution in [2.45, 2.75) is 37.7 Å². The molecule has 2 N–H and O–H groups in total. The van der Waals surface area contributed by atoms with Gasteiger partial charge in [0.25, 0.3) is 10.0 Å². The number of carbonyl (C=O) groups is 1. The fraction of sp³-hybridized carbons (Fsp3) is 0.308. The van der Waals surface area contributed by atoms with E-state index in [0.29, 0.717) is 66.9 Å². The lowest BCUT2D eigenvalue weighted by Crippen LogP contribution is -2.42. The van der Waals surface area contributed by atoms with Crippen molar-refractivity contribution < 1.29 is 31.5 Å². The van der Waals surface area contributed by atoms with Gasteiger partial charge in [0, 0.05) is 42.9 Å². The molecular weight excluding hydrogens is 546 g/mol. The molecular formula is C26H26F2N6O5S. The van der Waals surface area contributed by atoms with Gasteiger partial charge in [0.15, 0.2) is 11.5 Å². The molecule has 2 aromatic carbocycles.